The van der Waals surface area contributed by atoms with Crippen molar-refractivity contribution in [1.82, 2.24) is 20.2 Å². The van der Waals surface area contributed by atoms with E-state index in [0.29, 0.717) is 6.04 Å². The zero-order valence-corrected chi connectivity index (χ0v) is 13.5. The van der Waals surface area contributed by atoms with Crippen LogP contribution in [0.3, 0.4) is 0 Å². The van der Waals surface area contributed by atoms with Gasteiger partial charge in [0, 0.05) is 31.5 Å². The molecular formula is C17H25N5O. The molecule has 0 saturated carbocycles. The summed E-state index contributed by atoms with van der Waals surface area (Å²) < 4.78 is 0. The van der Waals surface area contributed by atoms with Gasteiger partial charge >= 0.3 is 0 Å². The van der Waals surface area contributed by atoms with Gasteiger partial charge in [0.2, 0.25) is 5.91 Å². The molecule has 124 valence electrons. The molecule has 1 amide bonds. The first-order chi connectivity index (χ1) is 11.3. The molecule has 0 spiro atoms. The highest BCUT2D eigenvalue weighted by molar-refractivity contribution is 5.82. The van der Waals surface area contributed by atoms with Gasteiger partial charge in [0.25, 0.3) is 0 Å². The Balaban J connectivity index is 1.29. The topological polar surface area (TPSA) is 61.4 Å². The maximum Gasteiger partial charge on any atom is 0.237 e. The van der Waals surface area contributed by atoms with Crippen LogP contribution in [0.5, 0.6) is 0 Å². The SMILES string of the molecule is O=C(NC1CCN(c2cnccn2)CC1)C1CC2CCN1CC2. The Bertz CT molecular complexity index is 535. The molecule has 0 aromatic carbocycles. The van der Waals surface area contributed by atoms with Crippen LogP contribution in [0.1, 0.15) is 32.1 Å². The van der Waals surface area contributed by atoms with E-state index in [2.05, 4.69) is 25.1 Å². The van der Waals surface area contributed by atoms with Crippen molar-refractivity contribution < 1.29 is 4.79 Å². The van der Waals surface area contributed by atoms with Gasteiger partial charge in [0.1, 0.15) is 5.82 Å². The van der Waals surface area contributed by atoms with Crippen molar-refractivity contribution in [3.05, 3.63) is 18.6 Å². The second kappa shape index (κ2) is 6.43. The second-order valence-electron chi connectivity index (χ2n) is 7.06. The monoisotopic (exact) mass is 315 g/mol. The van der Waals surface area contributed by atoms with E-state index in [0.717, 1.165) is 57.2 Å². The molecule has 0 radical (unpaired) electrons. The normalized spacial score (nSPS) is 31.1. The van der Waals surface area contributed by atoms with E-state index in [9.17, 15) is 4.79 Å². The summed E-state index contributed by atoms with van der Waals surface area (Å²) in [5, 5.41) is 3.30. The number of nitrogens with zero attached hydrogens (tertiary/aromatic N) is 4. The molecule has 4 aliphatic rings. The molecule has 2 bridgehead atoms. The molecule has 5 rings (SSSR count). The fourth-order valence-electron chi connectivity index (χ4n) is 4.24. The van der Waals surface area contributed by atoms with Crippen LogP contribution in [0.2, 0.25) is 0 Å². The number of fused-ring (bicyclic) bond motifs is 3. The van der Waals surface area contributed by atoms with Gasteiger partial charge < -0.3 is 10.2 Å². The summed E-state index contributed by atoms with van der Waals surface area (Å²) in [6.45, 7) is 4.07. The quantitative estimate of drug-likeness (QED) is 0.903. The lowest BCUT2D eigenvalue weighted by Gasteiger charge is -2.45. The van der Waals surface area contributed by atoms with Crippen LogP contribution < -0.4 is 10.2 Å². The Morgan fingerprint density at radius 1 is 1.09 bits per heavy atom. The molecule has 1 aromatic rings. The van der Waals surface area contributed by atoms with Crippen molar-refractivity contribution in [2.45, 2.75) is 44.2 Å². The van der Waals surface area contributed by atoms with Crippen molar-refractivity contribution in [2.24, 2.45) is 5.92 Å². The highest BCUT2D eigenvalue weighted by Crippen LogP contribution is 2.32. The summed E-state index contributed by atoms with van der Waals surface area (Å²) in [5.74, 6) is 1.97. The molecule has 6 heteroatoms. The van der Waals surface area contributed by atoms with Crippen molar-refractivity contribution in [3.63, 3.8) is 0 Å². The fraction of sp³-hybridized carbons (Fsp3) is 0.706. The molecule has 1 atom stereocenters. The van der Waals surface area contributed by atoms with E-state index in [1.165, 1.54) is 12.8 Å². The number of piperidine rings is 4. The van der Waals surface area contributed by atoms with Gasteiger partial charge in [0.15, 0.2) is 0 Å². The first-order valence-corrected chi connectivity index (χ1v) is 8.85. The summed E-state index contributed by atoms with van der Waals surface area (Å²) in [6, 6.07) is 0.428. The number of carbonyl (C=O) groups is 1. The molecule has 1 unspecified atom stereocenters. The molecule has 4 fully saturated rings. The first kappa shape index (κ1) is 14.9. The lowest BCUT2D eigenvalue weighted by Crippen LogP contribution is -2.57. The van der Waals surface area contributed by atoms with E-state index >= 15 is 0 Å². The summed E-state index contributed by atoms with van der Waals surface area (Å²) in [6.07, 6.45) is 10.8. The molecule has 5 heterocycles. The van der Waals surface area contributed by atoms with Crippen LogP contribution in [0, 0.1) is 5.92 Å². The average Bonchev–Trinajstić information content (AvgIpc) is 2.64. The van der Waals surface area contributed by atoms with Crippen LogP contribution in [0.4, 0.5) is 5.82 Å². The standard InChI is InChI=1S/C17H25N5O/c23-17(15-11-13-1-7-21(15)8-2-13)20-14-3-9-22(10-4-14)16-12-18-5-6-19-16/h5-6,12-15H,1-4,7-11H2,(H,20,23). The number of aromatic nitrogens is 2. The predicted molar refractivity (Wildman–Crippen MR) is 88.1 cm³/mol. The highest BCUT2D eigenvalue weighted by atomic mass is 16.2. The number of hydrogen-bond acceptors (Lipinski definition) is 5. The summed E-state index contributed by atoms with van der Waals surface area (Å²) in [4.78, 5) is 25.7. The van der Waals surface area contributed by atoms with Crippen LogP contribution in [-0.2, 0) is 4.79 Å². The third-order valence-electron chi connectivity index (χ3n) is 5.66. The third kappa shape index (κ3) is 3.17. The van der Waals surface area contributed by atoms with Gasteiger partial charge in [-0.3, -0.25) is 14.7 Å². The third-order valence-corrected chi connectivity index (χ3v) is 5.66. The van der Waals surface area contributed by atoms with Crippen LogP contribution in [0.15, 0.2) is 18.6 Å². The van der Waals surface area contributed by atoms with Gasteiger partial charge in [0.05, 0.1) is 12.2 Å². The van der Waals surface area contributed by atoms with Crippen molar-refractivity contribution >= 4 is 11.7 Å². The summed E-state index contributed by atoms with van der Waals surface area (Å²) >= 11 is 0. The van der Waals surface area contributed by atoms with Gasteiger partial charge in [-0.05, 0) is 51.1 Å². The lowest BCUT2D eigenvalue weighted by atomic mass is 9.83. The smallest absolute Gasteiger partial charge is 0.237 e. The number of nitrogens with one attached hydrogen (secondary N) is 1. The van der Waals surface area contributed by atoms with E-state index in [-0.39, 0.29) is 11.9 Å². The van der Waals surface area contributed by atoms with Crippen LogP contribution in [0.25, 0.3) is 0 Å². The molecule has 23 heavy (non-hydrogen) atoms. The lowest BCUT2D eigenvalue weighted by molar-refractivity contribution is -0.131. The van der Waals surface area contributed by atoms with Gasteiger partial charge in [-0.1, -0.05) is 0 Å². The largest absolute Gasteiger partial charge is 0.355 e. The van der Waals surface area contributed by atoms with Gasteiger partial charge in [-0.15, -0.1) is 0 Å². The minimum absolute atomic E-state index is 0.125. The van der Waals surface area contributed by atoms with Gasteiger partial charge in [-0.2, -0.15) is 0 Å². The van der Waals surface area contributed by atoms with E-state index < -0.39 is 0 Å². The van der Waals surface area contributed by atoms with E-state index in [1.807, 2.05) is 6.20 Å². The number of hydrogen-bond donors (Lipinski definition) is 1. The summed E-state index contributed by atoms with van der Waals surface area (Å²) in [7, 11) is 0. The molecule has 4 saturated heterocycles. The zero-order valence-electron chi connectivity index (χ0n) is 13.5. The Morgan fingerprint density at radius 3 is 2.48 bits per heavy atom. The number of anilines is 1. The van der Waals surface area contributed by atoms with Crippen LogP contribution in [-0.4, -0.2) is 59.0 Å². The minimum Gasteiger partial charge on any atom is -0.355 e. The predicted octanol–water partition coefficient (Wildman–Crippen LogP) is 1.05. The minimum atomic E-state index is 0.125. The first-order valence-electron chi connectivity index (χ1n) is 8.85. The number of rotatable bonds is 3. The van der Waals surface area contributed by atoms with Gasteiger partial charge in [-0.25, -0.2) is 4.98 Å². The molecule has 4 aliphatic heterocycles. The number of amides is 1. The van der Waals surface area contributed by atoms with Crippen LogP contribution >= 0.6 is 0 Å². The van der Waals surface area contributed by atoms with Crippen molar-refractivity contribution in [3.8, 4) is 0 Å². The van der Waals surface area contributed by atoms with E-state index in [1.54, 1.807) is 12.4 Å². The second-order valence-corrected chi connectivity index (χ2v) is 7.06. The summed E-state index contributed by atoms with van der Waals surface area (Å²) in [5.41, 5.74) is 0. The number of carbonyl (C=O) groups excluding carboxylic acids is 1. The molecule has 0 aliphatic carbocycles. The Morgan fingerprint density at radius 2 is 1.87 bits per heavy atom. The molecular weight excluding hydrogens is 290 g/mol. The highest BCUT2D eigenvalue weighted by Gasteiger charge is 2.38. The molecule has 6 nitrogen and oxygen atoms in total. The molecule has 1 aromatic heterocycles. The fourth-order valence-corrected chi connectivity index (χ4v) is 4.24. The Hall–Kier alpha value is -1.69. The zero-order chi connectivity index (χ0) is 15.6. The Labute approximate surface area is 137 Å². The van der Waals surface area contributed by atoms with Crippen molar-refractivity contribution in [1.29, 1.82) is 0 Å². The van der Waals surface area contributed by atoms with E-state index in [4.69, 9.17) is 0 Å². The Kier molecular flexibility index (Phi) is 4.16. The molecule has 1 N–H and O–H groups in total. The maximum atomic E-state index is 12.6. The van der Waals surface area contributed by atoms with Crippen molar-refractivity contribution in [2.75, 3.05) is 31.1 Å². The average molecular weight is 315 g/mol. The maximum absolute atomic E-state index is 12.6.